The van der Waals surface area contributed by atoms with Crippen LogP contribution in [0.2, 0.25) is 0 Å². The molecule has 14 rings (SSSR count). The average molecular weight is 937 g/mol. The van der Waals surface area contributed by atoms with E-state index in [9.17, 15) is 0 Å². The summed E-state index contributed by atoms with van der Waals surface area (Å²) >= 11 is 0. The van der Waals surface area contributed by atoms with Gasteiger partial charge in [-0.05, 0) is 162 Å². The zero-order valence-corrected chi connectivity index (χ0v) is 41.0. The van der Waals surface area contributed by atoms with E-state index in [1.807, 2.05) is 0 Å². The van der Waals surface area contributed by atoms with Gasteiger partial charge in [-0.3, -0.25) is 0 Å². The molecule has 0 aliphatic heterocycles. The third kappa shape index (κ3) is 6.97. The lowest BCUT2D eigenvalue weighted by atomic mass is 9.82. The molecular weight excluding hydrogens is 885 g/mol. The van der Waals surface area contributed by atoms with E-state index in [1.165, 1.54) is 88.4 Å². The Morgan fingerprint density at radius 2 is 0.808 bits per heavy atom. The molecule has 4 nitrogen and oxygen atoms in total. The molecule has 0 unspecified atom stereocenters. The molecule has 2 heterocycles. The zero-order chi connectivity index (χ0) is 48.6. The van der Waals surface area contributed by atoms with Crippen molar-refractivity contribution < 1.29 is 0 Å². The second-order valence-electron chi connectivity index (χ2n) is 20.1. The number of aromatic nitrogens is 2. The summed E-state index contributed by atoms with van der Waals surface area (Å²) in [5.41, 5.74) is 22.0. The highest BCUT2D eigenvalue weighted by atomic mass is 15.2. The van der Waals surface area contributed by atoms with Crippen molar-refractivity contribution in [1.82, 2.24) is 9.13 Å². The average Bonchev–Trinajstić information content (AvgIpc) is 4.04. The van der Waals surface area contributed by atoms with Crippen LogP contribution in [-0.2, 0) is 5.41 Å². The van der Waals surface area contributed by atoms with Gasteiger partial charge < -0.3 is 18.9 Å². The molecule has 2 aliphatic rings. The maximum atomic E-state index is 2.45. The molecule has 12 aromatic rings. The lowest BCUT2D eigenvalue weighted by Gasteiger charge is -2.30. The monoisotopic (exact) mass is 936 g/mol. The second kappa shape index (κ2) is 17.0. The Kier molecular flexibility index (Phi) is 9.97. The molecule has 4 heteroatoms. The molecule has 0 saturated heterocycles. The van der Waals surface area contributed by atoms with Crippen LogP contribution in [0, 0.1) is 0 Å². The van der Waals surface area contributed by atoms with Crippen molar-refractivity contribution in [3.63, 3.8) is 0 Å². The van der Waals surface area contributed by atoms with Gasteiger partial charge in [0.05, 0.1) is 22.1 Å². The first-order valence-electron chi connectivity index (χ1n) is 25.6. The van der Waals surface area contributed by atoms with E-state index in [4.69, 9.17) is 0 Å². The van der Waals surface area contributed by atoms with Crippen LogP contribution in [0.1, 0.15) is 43.4 Å². The van der Waals surface area contributed by atoms with E-state index in [0.29, 0.717) is 0 Å². The van der Waals surface area contributed by atoms with Crippen molar-refractivity contribution in [2.24, 2.45) is 0 Å². The molecular formula is C69H52N4. The number of para-hydroxylation sites is 5. The highest BCUT2D eigenvalue weighted by Crippen LogP contribution is 2.51. The number of anilines is 5. The number of benzene rings is 10. The first kappa shape index (κ1) is 42.7. The topological polar surface area (TPSA) is 16.3 Å². The summed E-state index contributed by atoms with van der Waals surface area (Å²) in [4.78, 5) is 4.90. The molecule has 0 radical (unpaired) electrons. The lowest BCUT2D eigenvalue weighted by Crippen LogP contribution is -2.17. The summed E-state index contributed by atoms with van der Waals surface area (Å²) in [5, 5.41) is 4.96. The summed E-state index contributed by atoms with van der Waals surface area (Å²) in [7, 11) is 0. The molecule has 0 saturated carbocycles. The summed E-state index contributed by atoms with van der Waals surface area (Å²) in [5.74, 6) is 0. The fourth-order valence-electron chi connectivity index (χ4n) is 12.1. The molecule has 348 valence electrons. The SMILES string of the molecule is CC1(C)c2ccccc2-c2cc(N(c3ccc(C4=CC=C(N(c5ccccc5)c5ccc6c(c5)c5ccccc5n6-c5ccccc5)CC4)cc3)c3ccc4c(c3)c3ccccc3n4-c3ccccc3)ccc21. The zero-order valence-electron chi connectivity index (χ0n) is 41.0. The first-order chi connectivity index (χ1) is 36.0. The summed E-state index contributed by atoms with van der Waals surface area (Å²) < 4.78 is 4.78. The first-order valence-corrected chi connectivity index (χ1v) is 25.6. The largest absolute Gasteiger partial charge is 0.314 e. The van der Waals surface area contributed by atoms with Crippen molar-refractivity contribution >= 4 is 77.6 Å². The van der Waals surface area contributed by atoms with E-state index in [0.717, 1.165) is 47.0 Å². The van der Waals surface area contributed by atoms with E-state index in [2.05, 4.69) is 288 Å². The Morgan fingerprint density at radius 1 is 0.342 bits per heavy atom. The number of fused-ring (bicyclic) bond motifs is 9. The third-order valence-electron chi connectivity index (χ3n) is 15.6. The lowest BCUT2D eigenvalue weighted by molar-refractivity contribution is 0.660. The summed E-state index contributed by atoms with van der Waals surface area (Å²) in [6, 6.07) is 89.1. The molecule has 0 spiro atoms. The van der Waals surface area contributed by atoms with Gasteiger partial charge >= 0.3 is 0 Å². The number of nitrogens with zero attached hydrogens (tertiary/aromatic N) is 4. The molecule has 0 fully saturated rings. The van der Waals surface area contributed by atoms with Crippen LogP contribution < -0.4 is 9.80 Å². The van der Waals surface area contributed by atoms with Gasteiger partial charge in [0.25, 0.3) is 0 Å². The van der Waals surface area contributed by atoms with Gasteiger partial charge in [0.2, 0.25) is 0 Å². The Balaban J connectivity index is 0.852. The van der Waals surface area contributed by atoms with Crippen LogP contribution in [0.5, 0.6) is 0 Å². The van der Waals surface area contributed by atoms with Gasteiger partial charge in [0.15, 0.2) is 0 Å². The highest BCUT2D eigenvalue weighted by molar-refractivity contribution is 6.12. The third-order valence-corrected chi connectivity index (χ3v) is 15.6. The van der Waals surface area contributed by atoms with Gasteiger partial charge in [0, 0.05) is 72.5 Å². The number of allylic oxidation sites excluding steroid dienone is 4. The molecule has 0 atom stereocenters. The minimum atomic E-state index is -0.0763. The molecule has 10 aromatic carbocycles. The summed E-state index contributed by atoms with van der Waals surface area (Å²) in [6.45, 7) is 4.71. The minimum absolute atomic E-state index is 0.0763. The second-order valence-corrected chi connectivity index (χ2v) is 20.1. The van der Waals surface area contributed by atoms with Crippen LogP contribution >= 0.6 is 0 Å². The van der Waals surface area contributed by atoms with E-state index in [-0.39, 0.29) is 5.41 Å². The maximum Gasteiger partial charge on any atom is 0.0542 e. The fourth-order valence-corrected chi connectivity index (χ4v) is 12.1. The smallest absolute Gasteiger partial charge is 0.0542 e. The number of hydrogen-bond acceptors (Lipinski definition) is 2. The number of rotatable bonds is 9. The van der Waals surface area contributed by atoms with E-state index in [1.54, 1.807) is 0 Å². The molecule has 73 heavy (non-hydrogen) atoms. The van der Waals surface area contributed by atoms with E-state index >= 15 is 0 Å². The van der Waals surface area contributed by atoms with Gasteiger partial charge in [0.1, 0.15) is 0 Å². The van der Waals surface area contributed by atoms with Crippen LogP contribution in [0.4, 0.5) is 28.4 Å². The summed E-state index contributed by atoms with van der Waals surface area (Å²) in [6.07, 6.45) is 6.52. The Hall–Kier alpha value is -9.12. The maximum absolute atomic E-state index is 2.45. The van der Waals surface area contributed by atoms with Crippen molar-refractivity contribution in [3.05, 3.63) is 277 Å². The fraction of sp³-hybridized carbons (Fsp3) is 0.0725. The normalized spacial score (nSPS) is 13.8. The van der Waals surface area contributed by atoms with Crippen molar-refractivity contribution in [2.45, 2.75) is 32.1 Å². The highest BCUT2D eigenvalue weighted by Gasteiger charge is 2.35. The standard InChI is InChI=1S/C69H52N4/c1-69(2)63-27-15-12-24-57(63)60-44-54(38-41-64(60)69)71(56-40-43-68-62(46-56)59-26-14-17-29-66(59)73(68)51-22-10-5-11-23-51)53-36-32-48(33-37-53)47-30-34-52(35-31-47)70(49-18-6-3-7-19-49)55-39-42-67-61(45-55)58-25-13-16-28-65(58)72(67)50-20-8-4-9-21-50/h3-30,32-34,36-46H,31,35H2,1-2H3. The van der Waals surface area contributed by atoms with Crippen LogP contribution in [-0.4, -0.2) is 9.13 Å². The van der Waals surface area contributed by atoms with Crippen molar-refractivity contribution in [2.75, 3.05) is 9.80 Å². The van der Waals surface area contributed by atoms with Gasteiger partial charge in [-0.2, -0.15) is 0 Å². The molecule has 0 amide bonds. The molecule has 0 bridgehead atoms. The minimum Gasteiger partial charge on any atom is -0.314 e. The van der Waals surface area contributed by atoms with Gasteiger partial charge in [-0.1, -0.05) is 153 Å². The van der Waals surface area contributed by atoms with Gasteiger partial charge in [-0.25, -0.2) is 0 Å². The van der Waals surface area contributed by atoms with E-state index < -0.39 is 0 Å². The van der Waals surface area contributed by atoms with Crippen molar-refractivity contribution in [1.29, 1.82) is 0 Å². The Morgan fingerprint density at radius 3 is 1.41 bits per heavy atom. The van der Waals surface area contributed by atoms with Crippen molar-refractivity contribution in [3.8, 4) is 22.5 Å². The molecule has 2 aliphatic carbocycles. The van der Waals surface area contributed by atoms with Crippen LogP contribution in [0.15, 0.2) is 261 Å². The Bertz CT molecular complexity index is 4160. The quantitative estimate of drug-likeness (QED) is 0.143. The molecule has 0 N–H and O–H groups in total. The number of hydrogen-bond donors (Lipinski definition) is 0. The van der Waals surface area contributed by atoms with Crippen LogP contribution in [0.3, 0.4) is 0 Å². The predicted octanol–water partition coefficient (Wildman–Crippen LogP) is 18.6. The predicted molar refractivity (Wildman–Crippen MR) is 308 cm³/mol. The van der Waals surface area contributed by atoms with Gasteiger partial charge in [-0.15, -0.1) is 0 Å². The molecule has 2 aromatic heterocycles. The Labute approximate surface area is 426 Å². The van der Waals surface area contributed by atoms with Crippen LogP contribution in [0.25, 0.3) is 71.7 Å².